The normalized spacial score (nSPS) is 11.6. The SMILES string of the molecule is Cc1cc(O)ccc1Cc1cc(C(C)(C)C)cc(Cc2ccc(O)cc2O)c1O. The van der Waals surface area contributed by atoms with Crippen LogP contribution in [0.4, 0.5) is 0 Å². The lowest BCUT2D eigenvalue weighted by molar-refractivity contribution is 0.445. The van der Waals surface area contributed by atoms with E-state index < -0.39 is 0 Å². The molecule has 0 saturated carbocycles. The molecule has 0 aromatic heterocycles. The average molecular weight is 392 g/mol. The Morgan fingerprint density at radius 3 is 1.69 bits per heavy atom. The highest BCUT2D eigenvalue weighted by atomic mass is 16.3. The van der Waals surface area contributed by atoms with Gasteiger partial charge in [-0.2, -0.15) is 0 Å². The predicted octanol–water partition coefficient (Wildman–Crippen LogP) is 5.30. The van der Waals surface area contributed by atoms with Crippen molar-refractivity contribution < 1.29 is 20.4 Å². The van der Waals surface area contributed by atoms with Gasteiger partial charge in [0.05, 0.1) is 0 Å². The minimum Gasteiger partial charge on any atom is -0.508 e. The molecule has 0 aliphatic carbocycles. The number of phenolic OH excluding ortho intramolecular Hbond substituents is 4. The van der Waals surface area contributed by atoms with E-state index >= 15 is 0 Å². The molecule has 152 valence electrons. The molecule has 0 heterocycles. The zero-order valence-corrected chi connectivity index (χ0v) is 17.3. The van der Waals surface area contributed by atoms with E-state index in [9.17, 15) is 20.4 Å². The van der Waals surface area contributed by atoms with E-state index in [0.717, 1.165) is 27.8 Å². The molecule has 3 aromatic carbocycles. The van der Waals surface area contributed by atoms with Crippen molar-refractivity contribution in [1.29, 1.82) is 0 Å². The van der Waals surface area contributed by atoms with Crippen LogP contribution in [0, 0.1) is 6.92 Å². The average Bonchev–Trinajstić information content (AvgIpc) is 2.61. The molecule has 0 aliphatic heterocycles. The number of benzene rings is 3. The highest BCUT2D eigenvalue weighted by Crippen LogP contribution is 2.36. The summed E-state index contributed by atoms with van der Waals surface area (Å²) in [5.41, 5.74) is 5.14. The molecule has 4 N–H and O–H groups in total. The van der Waals surface area contributed by atoms with Gasteiger partial charge in [-0.3, -0.25) is 0 Å². The summed E-state index contributed by atoms with van der Waals surface area (Å²) in [6, 6.07) is 13.8. The van der Waals surface area contributed by atoms with E-state index in [1.807, 2.05) is 25.1 Å². The Morgan fingerprint density at radius 1 is 0.655 bits per heavy atom. The van der Waals surface area contributed by atoms with Gasteiger partial charge in [0.25, 0.3) is 0 Å². The van der Waals surface area contributed by atoms with Crippen molar-refractivity contribution in [3.8, 4) is 23.0 Å². The smallest absolute Gasteiger partial charge is 0.122 e. The Bertz CT molecular complexity index is 971. The fraction of sp³-hybridized carbons (Fsp3) is 0.280. The summed E-state index contributed by atoms with van der Waals surface area (Å²) < 4.78 is 0. The standard InChI is InChI=1S/C25H28O4/c1-15-9-21(26)7-5-16(15)10-18-12-20(25(2,3)4)13-19(24(18)29)11-17-6-8-22(27)14-23(17)28/h5-9,12-14,26-29H,10-11H2,1-4H3. The van der Waals surface area contributed by atoms with Crippen LogP contribution in [0.1, 0.15) is 54.2 Å². The van der Waals surface area contributed by atoms with Gasteiger partial charge < -0.3 is 20.4 Å². The van der Waals surface area contributed by atoms with E-state index in [4.69, 9.17) is 0 Å². The number of aryl methyl sites for hydroxylation is 1. The maximum Gasteiger partial charge on any atom is 0.122 e. The third kappa shape index (κ3) is 4.65. The van der Waals surface area contributed by atoms with E-state index in [-0.39, 0.29) is 28.4 Å². The number of aromatic hydroxyl groups is 4. The first-order chi connectivity index (χ1) is 13.5. The molecule has 0 radical (unpaired) electrons. The Labute approximate surface area is 171 Å². The monoisotopic (exact) mass is 392 g/mol. The molecular weight excluding hydrogens is 364 g/mol. The number of phenols is 4. The topological polar surface area (TPSA) is 80.9 Å². The molecule has 4 nitrogen and oxygen atoms in total. The second-order valence-electron chi connectivity index (χ2n) is 8.67. The fourth-order valence-corrected chi connectivity index (χ4v) is 3.45. The lowest BCUT2D eigenvalue weighted by Gasteiger charge is -2.23. The summed E-state index contributed by atoms with van der Waals surface area (Å²) in [6.45, 7) is 8.30. The van der Waals surface area contributed by atoms with E-state index in [1.54, 1.807) is 18.2 Å². The van der Waals surface area contributed by atoms with Crippen molar-refractivity contribution in [3.63, 3.8) is 0 Å². The molecule has 0 unspecified atom stereocenters. The van der Waals surface area contributed by atoms with Gasteiger partial charge in [0.15, 0.2) is 0 Å². The van der Waals surface area contributed by atoms with E-state index in [1.165, 1.54) is 12.1 Å². The van der Waals surface area contributed by atoms with Gasteiger partial charge >= 0.3 is 0 Å². The van der Waals surface area contributed by atoms with Gasteiger partial charge in [-0.1, -0.05) is 45.0 Å². The molecular formula is C25H28O4. The summed E-state index contributed by atoms with van der Waals surface area (Å²) in [7, 11) is 0. The van der Waals surface area contributed by atoms with Crippen molar-refractivity contribution in [2.45, 2.75) is 46.0 Å². The number of rotatable bonds is 4. The quantitative estimate of drug-likeness (QED) is 0.486. The number of hydrogen-bond donors (Lipinski definition) is 4. The van der Waals surface area contributed by atoms with Crippen LogP contribution in [0.15, 0.2) is 48.5 Å². The van der Waals surface area contributed by atoms with Gasteiger partial charge in [-0.15, -0.1) is 0 Å². The first-order valence-corrected chi connectivity index (χ1v) is 9.69. The summed E-state index contributed by atoms with van der Waals surface area (Å²) in [6.07, 6.45) is 0.889. The van der Waals surface area contributed by atoms with E-state index in [0.29, 0.717) is 18.4 Å². The van der Waals surface area contributed by atoms with Crippen molar-refractivity contribution in [2.24, 2.45) is 0 Å². The molecule has 0 atom stereocenters. The molecule has 29 heavy (non-hydrogen) atoms. The molecule has 3 aromatic rings. The van der Waals surface area contributed by atoms with Crippen LogP contribution in [0.3, 0.4) is 0 Å². The van der Waals surface area contributed by atoms with Crippen LogP contribution in [-0.4, -0.2) is 20.4 Å². The van der Waals surface area contributed by atoms with Crippen LogP contribution in [0.25, 0.3) is 0 Å². The molecule has 0 amide bonds. The van der Waals surface area contributed by atoms with Crippen LogP contribution in [0.5, 0.6) is 23.0 Å². The third-order valence-electron chi connectivity index (χ3n) is 5.29. The second kappa shape index (κ2) is 7.70. The minimum atomic E-state index is -0.113. The second-order valence-corrected chi connectivity index (χ2v) is 8.67. The summed E-state index contributed by atoms with van der Waals surface area (Å²) >= 11 is 0. The summed E-state index contributed by atoms with van der Waals surface area (Å²) in [5, 5.41) is 40.4. The summed E-state index contributed by atoms with van der Waals surface area (Å²) in [4.78, 5) is 0. The molecule has 4 heteroatoms. The Morgan fingerprint density at radius 2 is 1.17 bits per heavy atom. The predicted molar refractivity (Wildman–Crippen MR) is 115 cm³/mol. The van der Waals surface area contributed by atoms with Crippen LogP contribution in [-0.2, 0) is 18.3 Å². The first kappa shape index (κ1) is 20.6. The third-order valence-corrected chi connectivity index (χ3v) is 5.29. The lowest BCUT2D eigenvalue weighted by Crippen LogP contribution is -2.13. The maximum atomic E-state index is 11.0. The zero-order valence-electron chi connectivity index (χ0n) is 17.3. The van der Waals surface area contributed by atoms with Gasteiger partial charge in [-0.05, 0) is 63.9 Å². The van der Waals surface area contributed by atoms with Gasteiger partial charge in [0.1, 0.15) is 23.0 Å². The molecule has 0 saturated heterocycles. The lowest BCUT2D eigenvalue weighted by atomic mass is 9.83. The Hall–Kier alpha value is -3.14. The molecule has 3 rings (SSSR count). The first-order valence-electron chi connectivity index (χ1n) is 9.69. The van der Waals surface area contributed by atoms with Crippen LogP contribution >= 0.6 is 0 Å². The van der Waals surface area contributed by atoms with Crippen molar-refractivity contribution in [3.05, 3.63) is 81.9 Å². The molecule has 0 fully saturated rings. The van der Waals surface area contributed by atoms with Gasteiger partial charge in [0, 0.05) is 18.9 Å². The van der Waals surface area contributed by atoms with Gasteiger partial charge in [-0.25, -0.2) is 0 Å². The summed E-state index contributed by atoms with van der Waals surface area (Å²) in [5.74, 6) is 0.434. The fourth-order valence-electron chi connectivity index (χ4n) is 3.45. The molecule has 0 aliphatic rings. The minimum absolute atomic E-state index is 0.00138. The molecule has 0 spiro atoms. The van der Waals surface area contributed by atoms with Crippen molar-refractivity contribution in [1.82, 2.24) is 0 Å². The Kier molecular flexibility index (Phi) is 5.47. The number of hydrogen-bond acceptors (Lipinski definition) is 4. The van der Waals surface area contributed by atoms with Crippen molar-refractivity contribution in [2.75, 3.05) is 0 Å². The van der Waals surface area contributed by atoms with Crippen molar-refractivity contribution >= 4 is 0 Å². The maximum absolute atomic E-state index is 11.0. The zero-order chi connectivity index (χ0) is 21.3. The highest BCUT2D eigenvalue weighted by Gasteiger charge is 2.20. The van der Waals surface area contributed by atoms with Crippen LogP contribution in [0.2, 0.25) is 0 Å². The highest BCUT2D eigenvalue weighted by molar-refractivity contribution is 5.52. The van der Waals surface area contributed by atoms with E-state index in [2.05, 4.69) is 20.8 Å². The van der Waals surface area contributed by atoms with Crippen LogP contribution < -0.4 is 0 Å². The van der Waals surface area contributed by atoms with Gasteiger partial charge in [0.2, 0.25) is 0 Å². The Balaban J connectivity index is 2.07. The molecule has 0 bridgehead atoms. The largest absolute Gasteiger partial charge is 0.508 e.